The van der Waals surface area contributed by atoms with E-state index in [4.69, 9.17) is 4.74 Å². The van der Waals surface area contributed by atoms with Crippen molar-refractivity contribution in [3.05, 3.63) is 40.8 Å². The van der Waals surface area contributed by atoms with Crippen molar-refractivity contribution in [2.75, 3.05) is 13.7 Å². The summed E-state index contributed by atoms with van der Waals surface area (Å²) in [5.74, 6) is 0.225. The molecule has 1 aliphatic rings. The molecule has 3 rings (SSSR count). The van der Waals surface area contributed by atoms with Crippen LogP contribution in [0.2, 0.25) is 0 Å². The number of carbonyl (C=O) groups is 2. The lowest BCUT2D eigenvalue weighted by Gasteiger charge is -2.11. The first-order valence-electron chi connectivity index (χ1n) is 8.14. The van der Waals surface area contributed by atoms with Gasteiger partial charge in [-0.3, -0.25) is 14.3 Å². The van der Waals surface area contributed by atoms with Crippen LogP contribution >= 0.6 is 0 Å². The Morgan fingerprint density at radius 1 is 1.44 bits per heavy atom. The number of aromatic nitrogens is 3. The summed E-state index contributed by atoms with van der Waals surface area (Å²) in [7, 11) is 1.53. The van der Waals surface area contributed by atoms with Gasteiger partial charge in [0.1, 0.15) is 6.54 Å². The standard InChI is InChI=1S/C17H21N5O3/c1-4-21-9-14-13(17(21)24)7-12(16(20-14)25-3)8-18-15(23)10-22-11(2)5-6-19-22/h5-7H,4,8-10H2,1-3H3,(H,18,23). The molecule has 3 heterocycles. The van der Waals surface area contributed by atoms with Gasteiger partial charge >= 0.3 is 0 Å². The van der Waals surface area contributed by atoms with E-state index in [2.05, 4.69) is 15.4 Å². The van der Waals surface area contributed by atoms with E-state index in [9.17, 15) is 9.59 Å². The average Bonchev–Trinajstić information content (AvgIpc) is 3.15. The highest BCUT2D eigenvalue weighted by Crippen LogP contribution is 2.26. The van der Waals surface area contributed by atoms with Gasteiger partial charge in [0, 0.05) is 30.5 Å². The topological polar surface area (TPSA) is 89.3 Å². The van der Waals surface area contributed by atoms with Crippen LogP contribution in [0.5, 0.6) is 5.88 Å². The Morgan fingerprint density at radius 2 is 2.24 bits per heavy atom. The lowest BCUT2D eigenvalue weighted by Crippen LogP contribution is -2.28. The minimum absolute atomic E-state index is 0.0348. The summed E-state index contributed by atoms with van der Waals surface area (Å²) in [6.45, 7) is 5.32. The second-order valence-corrected chi connectivity index (χ2v) is 5.88. The molecule has 0 aromatic carbocycles. The molecule has 0 unspecified atom stereocenters. The fourth-order valence-electron chi connectivity index (χ4n) is 2.81. The van der Waals surface area contributed by atoms with Crippen LogP contribution in [-0.2, 0) is 24.4 Å². The summed E-state index contributed by atoms with van der Waals surface area (Å²) in [5.41, 5.74) is 2.89. The third-order valence-corrected chi connectivity index (χ3v) is 4.27. The van der Waals surface area contributed by atoms with Crippen LogP contribution in [0.4, 0.5) is 0 Å². The molecule has 0 atom stereocenters. The zero-order chi connectivity index (χ0) is 18.0. The van der Waals surface area contributed by atoms with Gasteiger partial charge in [-0.1, -0.05) is 0 Å². The molecular formula is C17H21N5O3. The molecule has 2 aromatic heterocycles. The Morgan fingerprint density at radius 3 is 2.88 bits per heavy atom. The molecule has 132 valence electrons. The van der Waals surface area contributed by atoms with Crippen molar-refractivity contribution in [2.45, 2.75) is 33.5 Å². The molecule has 0 radical (unpaired) electrons. The normalized spacial score (nSPS) is 13.1. The van der Waals surface area contributed by atoms with E-state index in [0.29, 0.717) is 35.8 Å². The van der Waals surface area contributed by atoms with Crippen LogP contribution in [-0.4, -0.2) is 45.1 Å². The smallest absolute Gasteiger partial charge is 0.256 e. The number of aryl methyl sites for hydroxylation is 1. The quantitative estimate of drug-likeness (QED) is 0.841. The monoisotopic (exact) mass is 343 g/mol. The van der Waals surface area contributed by atoms with E-state index in [0.717, 1.165) is 5.69 Å². The Balaban J connectivity index is 1.72. The van der Waals surface area contributed by atoms with Gasteiger partial charge in [0.2, 0.25) is 11.8 Å². The van der Waals surface area contributed by atoms with Crippen molar-refractivity contribution in [1.29, 1.82) is 0 Å². The van der Waals surface area contributed by atoms with E-state index in [1.165, 1.54) is 7.11 Å². The summed E-state index contributed by atoms with van der Waals surface area (Å²) >= 11 is 0. The van der Waals surface area contributed by atoms with Gasteiger partial charge in [-0.05, 0) is 26.0 Å². The van der Waals surface area contributed by atoms with Gasteiger partial charge < -0.3 is 15.0 Å². The molecule has 2 amide bonds. The molecule has 1 aliphatic heterocycles. The van der Waals surface area contributed by atoms with E-state index in [1.54, 1.807) is 21.8 Å². The van der Waals surface area contributed by atoms with Crippen molar-refractivity contribution in [1.82, 2.24) is 25.0 Å². The lowest BCUT2D eigenvalue weighted by molar-refractivity contribution is -0.122. The van der Waals surface area contributed by atoms with Crippen molar-refractivity contribution in [3.63, 3.8) is 0 Å². The maximum atomic E-state index is 12.3. The van der Waals surface area contributed by atoms with Crippen molar-refractivity contribution >= 4 is 11.8 Å². The second kappa shape index (κ2) is 6.92. The molecule has 2 aromatic rings. The third-order valence-electron chi connectivity index (χ3n) is 4.27. The predicted molar refractivity (Wildman–Crippen MR) is 90.0 cm³/mol. The van der Waals surface area contributed by atoms with Gasteiger partial charge in [-0.15, -0.1) is 0 Å². The Labute approximate surface area is 145 Å². The van der Waals surface area contributed by atoms with Crippen molar-refractivity contribution in [3.8, 4) is 5.88 Å². The molecule has 0 saturated carbocycles. The van der Waals surface area contributed by atoms with Crippen LogP contribution in [0.3, 0.4) is 0 Å². The number of hydrogen-bond donors (Lipinski definition) is 1. The van der Waals surface area contributed by atoms with E-state index in [-0.39, 0.29) is 24.9 Å². The van der Waals surface area contributed by atoms with Gasteiger partial charge in [-0.25, -0.2) is 4.98 Å². The summed E-state index contributed by atoms with van der Waals surface area (Å²) < 4.78 is 6.94. The van der Waals surface area contributed by atoms with Crippen LogP contribution in [0.15, 0.2) is 18.3 Å². The summed E-state index contributed by atoms with van der Waals surface area (Å²) in [4.78, 5) is 30.6. The van der Waals surface area contributed by atoms with Crippen molar-refractivity contribution < 1.29 is 14.3 Å². The average molecular weight is 343 g/mol. The zero-order valence-corrected chi connectivity index (χ0v) is 14.6. The molecule has 25 heavy (non-hydrogen) atoms. The minimum atomic E-state index is -0.170. The van der Waals surface area contributed by atoms with Gasteiger partial charge in [0.05, 0.1) is 24.9 Å². The first kappa shape index (κ1) is 16.9. The Hall–Kier alpha value is -2.90. The summed E-state index contributed by atoms with van der Waals surface area (Å²) in [6, 6.07) is 3.60. The number of hydrogen-bond acceptors (Lipinski definition) is 5. The van der Waals surface area contributed by atoms with E-state index >= 15 is 0 Å². The number of amides is 2. The van der Waals surface area contributed by atoms with Crippen molar-refractivity contribution in [2.24, 2.45) is 0 Å². The molecule has 1 N–H and O–H groups in total. The lowest BCUT2D eigenvalue weighted by atomic mass is 10.1. The van der Waals surface area contributed by atoms with E-state index in [1.807, 2.05) is 19.9 Å². The van der Waals surface area contributed by atoms with Gasteiger partial charge in [0.25, 0.3) is 5.91 Å². The van der Waals surface area contributed by atoms with Crippen LogP contribution in [0, 0.1) is 6.92 Å². The first-order chi connectivity index (χ1) is 12.0. The molecule has 0 saturated heterocycles. The number of ether oxygens (including phenoxy) is 1. The Kier molecular flexibility index (Phi) is 4.69. The largest absolute Gasteiger partial charge is 0.481 e. The number of nitrogens with one attached hydrogen (secondary N) is 1. The molecule has 8 nitrogen and oxygen atoms in total. The fourth-order valence-corrected chi connectivity index (χ4v) is 2.81. The second-order valence-electron chi connectivity index (χ2n) is 5.88. The van der Waals surface area contributed by atoms with Crippen LogP contribution in [0.25, 0.3) is 0 Å². The Bertz CT molecular complexity index is 815. The van der Waals surface area contributed by atoms with Crippen LogP contribution in [0.1, 0.15) is 34.2 Å². The molecule has 0 spiro atoms. The maximum Gasteiger partial charge on any atom is 0.256 e. The number of nitrogens with zero attached hydrogens (tertiary/aromatic N) is 4. The number of fused-ring (bicyclic) bond motifs is 1. The molecule has 0 fully saturated rings. The highest BCUT2D eigenvalue weighted by molar-refractivity contribution is 5.98. The highest BCUT2D eigenvalue weighted by atomic mass is 16.5. The fraction of sp³-hybridized carbons (Fsp3) is 0.412. The molecule has 0 bridgehead atoms. The number of methoxy groups -OCH3 is 1. The predicted octanol–water partition coefficient (Wildman–Crippen LogP) is 0.887. The highest BCUT2D eigenvalue weighted by Gasteiger charge is 2.29. The van der Waals surface area contributed by atoms with Crippen LogP contribution < -0.4 is 10.1 Å². The molecular weight excluding hydrogens is 322 g/mol. The SMILES string of the molecule is CCN1Cc2nc(OC)c(CNC(=O)Cn3nccc3C)cc2C1=O. The maximum absolute atomic E-state index is 12.3. The molecule has 0 aliphatic carbocycles. The summed E-state index contributed by atoms with van der Waals surface area (Å²) in [5, 5.41) is 6.91. The minimum Gasteiger partial charge on any atom is -0.481 e. The van der Waals surface area contributed by atoms with Gasteiger partial charge in [-0.2, -0.15) is 5.10 Å². The zero-order valence-electron chi connectivity index (χ0n) is 14.6. The number of rotatable bonds is 6. The number of pyridine rings is 1. The first-order valence-corrected chi connectivity index (χ1v) is 8.14. The van der Waals surface area contributed by atoms with Gasteiger partial charge in [0.15, 0.2) is 0 Å². The summed E-state index contributed by atoms with van der Waals surface area (Å²) in [6.07, 6.45) is 1.65. The molecule has 8 heteroatoms. The van der Waals surface area contributed by atoms with E-state index < -0.39 is 0 Å². The number of carbonyl (C=O) groups excluding carboxylic acids is 2. The third kappa shape index (κ3) is 3.33.